The lowest BCUT2D eigenvalue weighted by atomic mass is 10.1. The summed E-state index contributed by atoms with van der Waals surface area (Å²) in [7, 11) is -3.18. The lowest BCUT2D eigenvalue weighted by molar-refractivity contribution is 0.340. The normalized spacial score (nSPS) is 12.4. The van der Waals surface area contributed by atoms with E-state index in [1.807, 2.05) is 6.07 Å². The maximum atomic E-state index is 11.9. The van der Waals surface area contributed by atoms with Gasteiger partial charge in [-0.25, -0.2) is 8.42 Å². The van der Waals surface area contributed by atoms with Gasteiger partial charge in [-0.1, -0.05) is 17.7 Å². The number of hydrogen-bond acceptors (Lipinski definition) is 4. The molecular weight excluding hydrogens is 298 g/mol. The van der Waals surface area contributed by atoms with E-state index in [1.165, 1.54) is 0 Å². The van der Waals surface area contributed by atoms with Gasteiger partial charge in [0.15, 0.2) is 9.84 Å². The zero-order chi connectivity index (χ0) is 15.4. The van der Waals surface area contributed by atoms with Gasteiger partial charge < -0.3 is 10.5 Å². The van der Waals surface area contributed by atoms with Crippen LogP contribution in [0.4, 0.5) is 0 Å². The van der Waals surface area contributed by atoms with Crippen molar-refractivity contribution in [1.29, 1.82) is 0 Å². The molecule has 1 aromatic rings. The van der Waals surface area contributed by atoms with E-state index in [4.69, 9.17) is 22.1 Å². The van der Waals surface area contributed by atoms with Crippen molar-refractivity contribution in [1.82, 2.24) is 0 Å². The first-order chi connectivity index (χ1) is 9.17. The lowest BCUT2D eigenvalue weighted by Gasteiger charge is -2.19. The third kappa shape index (κ3) is 4.65. The number of benzene rings is 1. The molecule has 0 fully saturated rings. The Kier molecular flexibility index (Phi) is 5.86. The fraction of sp³-hybridized carbons (Fsp3) is 0.571. The third-order valence-electron chi connectivity index (χ3n) is 2.97. The molecule has 0 aromatic heterocycles. The Hall–Kier alpha value is -0.780. The first-order valence-electron chi connectivity index (χ1n) is 6.51. The van der Waals surface area contributed by atoms with Gasteiger partial charge in [-0.05, 0) is 51.4 Å². The Labute approximate surface area is 126 Å². The van der Waals surface area contributed by atoms with Gasteiger partial charge in [0.25, 0.3) is 0 Å². The highest BCUT2D eigenvalue weighted by Gasteiger charge is 2.28. The highest BCUT2D eigenvalue weighted by molar-refractivity contribution is 7.92. The van der Waals surface area contributed by atoms with Crippen molar-refractivity contribution in [2.75, 3.05) is 18.9 Å². The lowest BCUT2D eigenvalue weighted by Crippen LogP contribution is -2.32. The second-order valence-corrected chi connectivity index (χ2v) is 8.85. The van der Waals surface area contributed by atoms with Crippen LogP contribution in [-0.4, -0.2) is 32.1 Å². The average Bonchev–Trinajstić information content (AvgIpc) is 2.30. The van der Waals surface area contributed by atoms with Gasteiger partial charge in [0.1, 0.15) is 12.4 Å². The maximum absolute atomic E-state index is 11.9. The molecule has 2 N–H and O–H groups in total. The van der Waals surface area contributed by atoms with Crippen molar-refractivity contribution in [3.8, 4) is 5.75 Å². The van der Waals surface area contributed by atoms with E-state index >= 15 is 0 Å². The first-order valence-corrected chi connectivity index (χ1v) is 8.54. The molecule has 6 heteroatoms. The molecule has 0 spiro atoms. The summed E-state index contributed by atoms with van der Waals surface area (Å²) in [6.45, 7) is 5.68. The Morgan fingerprint density at radius 3 is 2.45 bits per heavy atom. The largest absolute Gasteiger partial charge is 0.491 e. The zero-order valence-electron chi connectivity index (χ0n) is 12.1. The van der Waals surface area contributed by atoms with E-state index in [0.717, 1.165) is 12.0 Å². The fourth-order valence-corrected chi connectivity index (χ4v) is 2.72. The van der Waals surface area contributed by atoms with Crippen LogP contribution >= 0.6 is 11.6 Å². The average molecular weight is 320 g/mol. The fourth-order valence-electron chi connectivity index (χ4n) is 1.55. The van der Waals surface area contributed by atoms with E-state index in [-0.39, 0.29) is 12.4 Å². The minimum atomic E-state index is -3.18. The molecule has 0 aliphatic rings. The summed E-state index contributed by atoms with van der Waals surface area (Å²) in [6.07, 6.45) is 0.748. The minimum Gasteiger partial charge on any atom is -0.491 e. The van der Waals surface area contributed by atoms with Crippen LogP contribution in [0.3, 0.4) is 0 Å². The molecule has 0 heterocycles. The number of sulfone groups is 1. The van der Waals surface area contributed by atoms with Gasteiger partial charge in [-0.3, -0.25) is 0 Å². The topological polar surface area (TPSA) is 69.4 Å². The van der Waals surface area contributed by atoms with Crippen LogP contribution in [0.2, 0.25) is 5.02 Å². The predicted molar refractivity (Wildman–Crippen MR) is 83.2 cm³/mol. The SMILES string of the molecule is CC(C)(C)S(=O)(=O)CCOc1ccc(CCN)cc1Cl. The van der Waals surface area contributed by atoms with Crippen molar-refractivity contribution >= 4 is 21.4 Å². The molecule has 114 valence electrons. The number of ether oxygens (including phenoxy) is 1. The molecule has 0 aliphatic heterocycles. The highest BCUT2D eigenvalue weighted by Crippen LogP contribution is 2.26. The number of halogens is 1. The molecule has 0 atom stereocenters. The molecule has 0 radical (unpaired) electrons. The van der Waals surface area contributed by atoms with Gasteiger partial charge in [0.2, 0.25) is 0 Å². The van der Waals surface area contributed by atoms with Crippen molar-refractivity contribution < 1.29 is 13.2 Å². The molecule has 4 nitrogen and oxygen atoms in total. The van der Waals surface area contributed by atoms with Crippen LogP contribution in [0.25, 0.3) is 0 Å². The van der Waals surface area contributed by atoms with Crippen molar-refractivity contribution in [3.63, 3.8) is 0 Å². The van der Waals surface area contributed by atoms with Crippen LogP contribution in [0.5, 0.6) is 5.75 Å². The third-order valence-corrected chi connectivity index (χ3v) is 5.84. The standard InChI is InChI=1S/C14H22ClNO3S/c1-14(2,3)20(17,18)9-8-19-13-5-4-11(6-7-16)10-12(13)15/h4-5,10H,6-9,16H2,1-3H3. The van der Waals surface area contributed by atoms with Crippen molar-refractivity contribution in [3.05, 3.63) is 28.8 Å². The Morgan fingerprint density at radius 2 is 1.95 bits per heavy atom. The minimum absolute atomic E-state index is 0.0304. The molecule has 0 amide bonds. The predicted octanol–water partition coefficient (Wildman–Crippen LogP) is 2.43. The quantitative estimate of drug-likeness (QED) is 0.874. The highest BCUT2D eigenvalue weighted by atomic mass is 35.5. The molecule has 1 rings (SSSR count). The van der Waals surface area contributed by atoms with Crippen LogP contribution < -0.4 is 10.5 Å². The molecule has 20 heavy (non-hydrogen) atoms. The molecule has 0 saturated carbocycles. The number of hydrogen-bond donors (Lipinski definition) is 1. The summed E-state index contributed by atoms with van der Waals surface area (Å²) < 4.78 is 28.6. The second kappa shape index (κ2) is 6.78. The maximum Gasteiger partial charge on any atom is 0.158 e. The summed E-state index contributed by atoms with van der Waals surface area (Å²) in [4.78, 5) is 0. The van der Waals surface area contributed by atoms with E-state index in [2.05, 4.69) is 0 Å². The van der Waals surface area contributed by atoms with Gasteiger partial charge in [-0.15, -0.1) is 0 Å². The van der Waals surface area contributed by atoms with Crippen LogP contribution in [0, 0.1) is 0 Å². The Balaban J connectivity index is 2.63. The number of nitrogens with two attached hydrogens (primary N) is 1. The molecular formula is C14H22ClNO3S. The van der Waals surface area contributed by atoms with Crippen LogP contribution in [0.1, 0.15) is 26.3 Å². The summed E-state index contributed by atoms with van der Waals surface area (Å²) in [5, 5.41) is 0.476. The summed E-state index contributed by atoms with van der Waals surface area (Å²) >= 11 is 6.09. The van der Waals surface area contributed by atoms with E-state index in [1.54, 1.807) is 32.9 Å². The van der Waals surface area contributed by atoms with Crippen LogP contribution in [0.15, 0.2) is 18.2 Å². The van der Waals surface area contributed by atoms with Gasteiger partial charge in [0.05, 0.1) is 15.5 Å². The second-order valence-electron chi connectivity index (χ2n) is 5.58. The van der Waals surface area contributed by atoms with Gasteiger partial charge in [-0.2, -0.15) is 0 Å². The first kappa shape index (κ1) is 17.3. The summed E-state index contributed by atoms with van der Waals surface area (Å²) in [5.41, 5.74) is 6.51. The molecule has 0 bridgehead atoms. The summed E-state index contributed by atoms with van der Waals surface area (Å²) in [6, 6.07) is 5.42. The monoisotopic (exact) mass is 319 g/mol. The van der Waals surface area contributed by atoms with Crippen molar-refractivity contribution in [2.24, 2.45) is 5.73 Å². The van der Waals surface area contributed by atoms with Gasteiger partial charge in [0, 0.05) is 0 Å². The van der Waals surface area contributed by atoms with Gasteiger partial charge >= 0.3 is 0 Å². The van der Waals surface area contributed by atoms with Crippen molar-refractivity contribution in [2.45, 2.75) is 31.9 Å². The van der Waals surface area contributed by atoms with E-state index < -0.39 is 14.6 Å². The smallest absolute Gasteiger partial charge is 0.158 e. The van der Waals surface area contributed by atoms with Crippen LogP contribution in [-0.2, 0) is 16.3 Å². The zero-order valence-corrected chi connectivity index (χ0v) is 13.7. The van der Waals surface area contributed by atoms with E-state index in [9.17, 15) is 8.42 Å². The van der Waals surface area contributed by atoms with E-state index in [0.29, 0.717) is 17.3 Å². The molecule has 0 saturated heterocycles. The Morgan fingerprint density at radius 1 is 1.30 bits per heavy atom. The Bertz CT molecular complexity index is 550. The molecule has 0 aliphatic carbocycles. The molecule has 1 aromatic carbocycles. The molecule has 0 unspecified atom stereocenters. The number of rotatable bonds is 6. The summed E-state index contributed by atoms with van der Waals surface area (Å²) in [5.74, 6) is 0.466.